The molecular formula is C18H19BrN4O3. The summed E-state index contributed by atoms with van der Waals surface area (Å²) in [4.78, 5) is 31.3. The van der Waals surface area contributed by atoms with Gasteiger partial charge in [-0.1, -0.05) is 6.42 Å². The van der Waals surface area contributed by atoms with Crippen molar-refractivity contribution in [1.82, 2.24) is 9.97 Å². The summed E-state index contributed by atoms with van der Waals surface area (Å²) >= 11 is 3.47. The number of primary amides is 1. The molecule has 26 heavy (non-hydrogen) atoms. The molecule has 0 radical (unpaired) electrons. The van der Waals surface area contributed by atoms with E-state index in [2.05, 4.69) is 31.2 Å². The fourth-order valence-corrected chi connectivity index (χ4v) is 3.69. The topological polar surface area (TPSA) is 118 Å². The Morgan fingerprint density at radius 1 is 1.27 bits per heavy atom. The maximum atomic E-state index is 11.6. The minimum atomic E-state index is -0.973. The molecule has 1 amide bonds. The van der Waals surface area contributed by atoms with E-state index in [1.807, 2.05) is 0 Å². The first kappa shape index (κ1) is 18.3. The molecule has 0 saturated heterocycles. The number of hydrogen-bond donors (Lipinski definition) is 3. The van der Waals surface area contributed by atoms with Crippen molar-refractivity contribution < 1.29 is 14.7 Å². The lowest BCUT2D eigenvalue weighted by Crippen LogP contribution is -2.27. The molecule has 0 aliphatic heterocycles. The van der Waals surface area contributed by atoms with E-state index in [1.165, 1.54) is 12.1 Å². The molecule has 136 valence electrons. The lowest BCUT2D eigenvalue weighted by atomic mass is 9.91. The van der Waals surface area contributed by atoms with Gasteiger partial charge in [-0.05, 0) is 65.4 Å². The SMILES string of the molecule is NC(=O)[C@H]1CCC[C@H]1Cc1nc(Nc2ccc(C(=O)O)cc2)ncc1Br. The third kappa shape index (κ3) is 4.19. The van der Waals surface area contributed by atoms with Crippen molar-refractivity contribution in [2.45, 2.75) is 25.7 Å². The maximum absolute atomic E-state index is 11.6. The summed E-state index contributed by atoms with van der Waals surface area (Å²) in [7, 11) is 0. The van der Waals surface area contributed by atoms with Crippen molar-refractivity contribution in [3.8, 4) is 0 Å². The third-order valence-electron chi connectivity index (χ3n) is 4.68. The third-order valence-corrected chi connectivity index (χ3v) is 5.35. The normalized spacial score (nSPS) is 19.3. The van der Waals surface area contributed by atoms with Gasteiger partial charge < -0.3 is 16.2 Å². The van der Waals surface area contributed by atoms with E-state index in [4.69, 9.17) is 10.8 Å². The van der Waals surface area contributed by atoms with Crippen LogP contribution in [0.2, 0.25) is 0 Å². The molecule has 1 aliphatic carbocycles. The van der Waals surface area contributed by atoms with E-state index in [9.17, 15) is 9.59 Å². The monoisotopic (exact) mass is 418 g/mol. The summed E-state index contributed by atoms with van der Waals surface area (Å²) in [6.45, 7) is 0. The number of carbonyl (C=O) groups excluding carboxylic acids is 1. The predicted molar refractivity (Wildman–Crippen MR) is 100 cm³/mol. The number of rotatable bonds is 6. The highest BCUT2D eigenvalue weighted by Gasteiger charge is 2.32. The molecule has 1 saturated carbocycles. The molecule has 1 fully saturated rings. The summed E-state index contributed by atoms with van der Waals surface area (Å²) in [5.74, 6) is -0.702. The number of hydrogen-bond acceptors (Lipinski definition) is 5. The van der Waals surface area contributed by atoms with Gasteiger partial charge in [0.1, 0.15) is 0 Å². The van der Waals surface area contributed by atoms with Crippen molar-refractivity contribution in [3.63, 3.8) is 0 Å². The first-order valence-corrected chi connectivity index (χ1v) is 9.14. The van der Waals surface area contributed by atoms with Crippen molar-refractivity contribution in [2.24, 2.45) is 17.6 Å². The summed E-state index contributed by atoms with van der Waals surface area (Å²) in [6, 6.07) is 6.35. The van der Waals surface area contributed by atoms with Crippen LogP contribution in [0, 0.1) is 11.8 Å². The minimum Gasteiger partial charge on any atom is -0.478 e. The highest BCUT2D eigenvalue weighted by atomic mass is 79.9. The number of nitrogens with zero attached hydrogens (tertiary/aromatic N) is 2. The second kappa shape index (κ2) is 7.82. The number of amides is 1. The molecule has 1 aliphatic rings. The number of carboxylic acid groups (broad SMARTS) is 1. The Morgan fingerprint density at radius 2 is 2.00 bits per heavy atom. The number of anilines is 2. The van der Waals surface area contributed by atoms with Crippen LogP contribution in [0.25, 0.3) is 0 Å². The van der Waals surface area contributed by atoms with Crippen LogP contribution < -0.4 is 11.1 Å². The molecule has 7 nitrogen and oxygen atoms in total. The van der Waals surface area contributed by atoms with Crippen LogP contribution in [0.1, 0.15) is 35.3 Å². The molecule has 3 rings (SSSR count). The fourth-order valence-electron chi connectivity index (χ4n) is 3.34. The van der Waals surface area contributed by atoms with Gasteiger partial charge in [-0.15, -0.1) is 0 Å². The average Bonchev–Trinajstić information content (AvgIpc) is 3.07. The van der Waals surface area contributed by atoms with Crippen LogP contribution in [0.15, 0.2) is 34.9 Å². The van der Waals surface area contributed by atoms with Gasteiger partial charge in [0.15, 0.2) is 0 Å². The molecule has 1 aromatic carbocycles. The summed E-state index contributed by atoms with van der Waals surface area (Å²) in [6.07, 6.45) is 5.13. The van der Waals surface area contributed by atoms with Crippen molar-refractivity contribution >= 4 is 39.4 Å². The Hall–Kier alpha value is -2.48. The molecule has 2 atom stereocenters. The number of carboxylic acids is 1. The number of nitrogens with one attached hydrogen (secondary N) is 1. The van der Waals surface area contributed by atoms with Gasteiger partial charge in [0.05, 0.1) is 15.7 Å². The molecular weight excluding hydrogens is 400 g/mol. The Balaban J connectivity index is 1.75. The lowest BCUT2D eigenvalue weighted by molar-refractivity contribution is -0.122. The average molecular weight is 419 g/mol. The molecule has 0 unspecified atom stereocenters. The van der Waals surface area contributed by atoms with Crippen molar-refractivity contribution in [2.75, 3.05) is 5.32 Å². The fraction of sp³-hybridized carbons (Fsp3) is 0.333. The van der Waals surface area contributed by atoms with Crippen molar-refractivity contribution in [3.05, 3.63) is 46.2 Å². The number of aromatic nitrogens is 2. The Kier molecular flexibility index (Phi) is 5.51. The van der Waals surface area contributed by atoms with Gasteiger partial charge in [-0.3, -0.25) is 4.79 Å². The quantitative estimate of drug-likeness (QED) is 0.662. The van der Waals surface area contributed by atoms with E-state index in [0.717, 1.165) is 29.4 Å². The number of carbonyl (C=O) groups is 2. The Morgan fingerprint density at radius 3 is 2.65 bits per heavy atom. The molecule has 2 aromatic rings. The number of aromatic carboxylic acids is 1. The summed E-state index contributed by atoms with van der Waals surface area (Å²) in [5, 5.41) is 12.0. The molecule has 0 bridgehead atoms. The Labute approximate surface area is 159 Å². The first-order valence-electron chi connectivity index (χ1n) is 8.35. The molecule has 4 N–H and O–H groups in total. The van der Waals surface area contributed by atoms with Gasteiger partial charge in [0.25, 0.3) is 0 Å². The van der Waals surface area contributed by atoms with Gasteiger partial charge in [0.2, 0.25) is 11.9 Å². The van der Waals surface area contributed by atoms with Gasteiger partial charge >= 0.3 is 5.97 Å². The zero-order valence-electron chi connectivity index (χ0n) is 14.0. The summed E-state index contributed by atoms with van der Waals surface area (Å²) in [5.41, 5.74) is 7.24. The highest BCUT2D eigenvalue weighted by Crippen LogP contribution is 2.35. The van der Waals surface area contributed by atoms with E-state index in [-0.39, 0.29) is 23.3 Å². The van der Waals surface area contributed by atoms with Gasteiger partial charge in [-0.25, -0.2) is 14.8 Å². The number of benzene rings is 1. The largest absolute Gasteiger partial charge is 0.478 e. The second-order valence-corrected chi connectivity index (χ2v) is 7.25. The Bertz CT molecular complexity index is 826. The van der Waals surface area contributed by atoms with Crippen LogP contribution in [0.5, 0.6) is 0 Å². The van der Waals surface area contributed by atoms with Gasteiger partial charge in [-0.2, -0.15) is 0 Å². The standard InChI is InChI=1S/C18H19BrN4O3/c19-14-9-21-18(22-12-6-4-10(5-7-12)17(25)26)23-15(14)8-11-2-1-3-13(11)16(20)24/h4-7,9,11,13H,1-3,8H2,(H2,20,24)(H,25,26)(H,21,22,23)/t11-,13-/m0/s1. The molecule has 1 heterocycles. The second-order valence-electron chi connectivity index (χ2n) is 6.40. The maximum Gasteiger partial charge on any atom is 0.335 e. The van der Waals surface area contributed by atoms with E-state index in [1.54, 1.807) is 18.3 Å². The van der Waals surface area contributed by atoms with Gasteiger partial charge in [0, 0.05) is 17.8 Å². The van der Waals surface area contributed by atoms with E-state index < -0.39 is 5.97 Å². The molecule has 1 aromatic heterocycles. The minimum absolute atomic E-state index is 0.100. The van der Waals surface area contributed by atoms with Crippen LogP contribution >= 0.6 is 15.9 Å². The first-order chi connectivity index (χ1) is 12.4. The highest BCUT2D eigenvalue weighted by molar-refractivity contribution is 9.10. The number of halogens is 1. The summed E-state index contributed by atoms with van der Waals surface area (Å²) < 4.78 is 0.791. The van der Waals surface area contributed by atoms with E-state index >= 15 is 0 Å². The zero-order chi connectivity index (χ0) is 18.7. The number of nitrogens with two attached hydrogens (primary N) is 1. The van der Waals surface area contributed by atoms with E-state index in [0.29, 0.717) is 18.1 Å². The smallest absolute Gasteiger partial charge is 0.335 e. The van der Waals surface area contributed by atoms with Crippen LogP contribution in [0.3, 0.4) is 0 Å². The van der Waals surface area contributed by atoms with Crippen molar-refractivity contribution in [1.29, 1.82) is 0 Å². The van der Waals surface area contributed by atoms with Crippen LogP contribution in [-0.4, -0.2) is 27.0 Å². The van der Waals surface area contributed by atoms with Crippen LogP contribution in [0.4, 0.5) is 11.6 Å². The molecule has 0 spiro atoms. The lowest BCUT2D eigenvalue weighted by Gasteiger charge is -2.17. The van der Waals surface area contributed by atoms with Crippen LogP contribution in [-0.2, 0) is 11.2 Å². The predicted octanol–water partition coefficient (Wildman–Crippen LogP) is 3.13. The molecule has 8 heteroatoms. The zero-order valence-corrected chi connectivity index (χ0v) is 15.6.